The summed E-state index contributed by atoms with van der Waals surface area (Å²) >= 11 is 10.2. The third-order valence-corrected chi connectivity index (χ3v) is 5.41. The highest BCUT2D eigenvalue weighted by molar-refractivity contribution is 9.10. The number of hydrogen-bond acceptors (Lipinski definition) is 5. The number of hydrogen-bond donors (Lipinski definition) is 2. The molecule has 140 valence electrons. The zero-order chi connectivity index (χ0) is 19.2. The van der Waals surface area contributed by atoms with Gasteiger partial charge in [0.1, 0.15) is 5.00 Å². The van der Waals surface area contributed by atoms with E-state index in [4.69, 9.17) is 17.0 Å². The van der Waals surface area contributed by atoms with E-state index in [2.05, 4.69) is 31.7 Å². The number of ether oxygens (including phenoxy) is 1. The summed E-state index contributed by atoms with van der Waals surface area (Å²) in [4.78, 5) is 13.1. The van der Waals surface area contributed by atoms with Gasteiger partial charge in [-0.05, 0) is 39.8 Å². The van der Waals surface area contributed by atoms with Crippen molar-refractivity contribution in [3.05, 3.63) is 58.8 Å². The lowest BCUT2D eigenvalue weighted by Crippen LogP contribution is -2.31. The van der Waals surface area contributed by atoms with Gasteiger partial charge in [0.2, 0.25) is 0 Å². The first-order valence-corrected chi connectivity index (χ1v) is 10.1. The molecule has 0 amide bonds. The smallest absolute Gasteiger partial charge is 0.340 e. The first kappa shape index (κ1) is 19.5. The number of carbonyl (C=O) groups is 1. The standard InChI is InChI=1S/C18H17BrN4O2S2/c1-25-17(24)14-9-15(12-5-3-2-4-6-12)27-16(14)22-18(26)20-7-8-23-11-13(19)10-21-23/h2-6,9-11H,7-8H2,1H3,(H2,20,22,26). The van der Waals surface area contributed by atoms with Crippen molar-refractivity contribution >= 4 is 55.6 Å². The molecule has 0 spiro atoms. The molecule has 2 aromatic heterocycles. The maximum atomic E-state index is 12.1. The molecule has 0 fully saturated rings. The second-order valence-electron chi connectivity index (χ2n) is 5.51. The van der Waals surface area contributed by atoms with Crippen LogP contribution in [0, 0.1) is 0 Å². The molecule has 2 heterocycles. The van der Waals surface area contributed by atoms with Crippen LogP contribution in [0.5, 0.6) is 0 Å². The highest BCUT2D eigenvalue weighted by Gasteiger charge is 2.18. The second-order valence-corrected chi connectivity index (χ2v) is 7.89. The summed E-state index contributed by atoms with van der Waals surface area (Å²) in [6.45, 7) is 1.27. The van der Waals surface area contributed by atoms with Crippen molar-refractivity contribution in [1.29, 1.82) is 0 Å². The van der Waals surface area contributed by atoms with Crippen molar-refractivity contribution in [3.8, 4) is 10.4 Å². The van der Waals surface area contributed by atoms with Gasteiger partial charge in [0, 0.05) is 17.6 Å². The molecule has 27 heavy (non-hydrogen) atoms. The van der Waals surface area contributed by atoms with Gasteiger partial charge in [-0.2, -0.15) is 5.10 Å². The SMILES string of the molecule is COC(=O)c1cc(-c2ccccc2)sc1NC(=S)NCCn1cc(Br)cn1. The third kappa shape index (κ3) is 5.15. The van der Waals surface area contributed by atoms with E-state index < -0.39 is 5.97 Å². The van der Waals surface area contributed by atoms with Crippen LogP contribution in [0.15, 0.2) is 53.3 Å². The van der Waals surface area contributed by atoms with Crippen LogP contribution in [0.3, 0.4) is 0 Å². The number of benzene rings is 1. The number of rotatable bonds is 6. The molecule has 1 aromatic carbocycles. The van der Waals surface area contributed by atoms with Crippen LogP contribution in [0.1, 0.15) is 10.4 Å². The molecule has 0 bridgehead atoms. The molecule has 2 N–H and O–H groups in total. The average molecular weight is 465 g/mol. The van der Waals surface area contributed by atoms with Crippen molar-refractivity contribution in [2.75, 3.05) is 19.0 Å². The fourth-order valence-electron chi connectivity index (χ4n) is 2.38. The van der Waals surface area contributed by atoms with Gasteiger partial charge in [0.25, 0.3) is 0 Å². The Labute approximate surface area is 174 Å². The van der Waals surface area contributed by atoms with Crippen LogP contribution >= 0.6 is 39.5 Å². The van der Waals surface area contributed by atoms with Crippen LogP contribution in [0.4, 0.5) is 5.00 Å². The number of halogens is 1. The molecular formula is C18H17BrN4O2S2. The van der Waals surface area contributed by atoms with E-state index >= 15 is 0 Å². The van der Waals surface area contributed by atoms with Crippen LogP contribution in [-0.2, 0) is 11.3 Å². The van der Waals surface area contributed by atoms with Gasteiger partial charge in [0.15, 0.2) is 5.11 Å². The largest absolute Gasteiger partial charge is 0.465 e. The maximum absolute atomic E-state index is 12.1. The quantitative estimate of drug-likeness (QED) is 0.421. The van der Waals surface area contributed by atoms with Gasteiger partial charge in [0.05, 0.1) is 29.9 Å². The summed E-state index contributed by atoms with van der Waals surface area (Å²) in [6.07, 6.45) is 3.62. The van der Waals surface area contributed by atoms with E-state index in [0.717, 1.165) is 14.9 Å². The summed E-state index contributed by atoms with van der Waals surface area (Å²) in [7, 11) is 1.37. The van der Waals surface area contributed by atoms with Gasteiger partial charge in [-0.1, -0.05) is 30.3 Å². The summed E-state index contributed by atoms with van der Waals surface area (Å²) < 4.78 is 7.63. The van der Waals surface area contributed by atoms with E-state index in [9.17, 15) is 4.79 Å². The van der Waals surface area contributed by atoms with Crippen LogP contribution in [0.25, 0.3) is 10.4 Å². The lowest BCUT2D eigenvalue weighted by atomic mass is 10.1. The highest BCUT2D eigenvalue weighted by atomic mass is 79.9. The van der Waals surface area contributed by atoms with Gasteiger partial charge in [-0.25, -0.2) is 4.79 Å². The molecule has 9 heteroatoms. The Kier molecular flexibility index (Phi) is 6.59. The normalized spacial score (nSPS) is 10.4. The van der Waals surface area contributed by atoms with E-state index in [-0.39, 0.29) is 0 Å². The molecule has 0 saturated carbocycles. The monoisotopic (exact) mass is 464 g/mol. The predicted octanol–water partition coefficient (Wildman–Crippen LogP) is 4.15. The number of anilines is 1. The Hall–Kier alpha value is -2.23. The highest BCUT2D eigenvalue weighted by Crippen LogP contribution is 2.35. The molecule has 6 nitrogen and oxygen atoms in total. The first-order chi connectivity index (χ1) is 13.1. The predicted molar refractivity (Wildman–Crippen MR) is 115 cm³/mol. The van der Waals surface area contributed by atoms with Gasteiger partial charge in [-0.3, -0.25) is 4.68 Å². The molecule has 0 aliphatic rings. The number of methoxy groups -OCH3 is 1. The number of nitrogens with zero attached hydrogens (tertiary/aromatic N) is 2. The number of thiocarbonyl (C=S) groups is 1. The molecule has 0 unspecified atom stereocenters. The number of esters is 1. The molecule has 0 aliphatic carbocycles. The minimum Gasteiger partial charge on any atom is -0.465 e. The molecule has 3 aromatic rings. The van der Waals surface area contributed by atoms with Crippen LogP contribution < -0.4 is 10.6 Å². The topological polar surface area (TPSA) is 68.2 Å². The Morgan fingerprint density at radius 2 is 2.15 bits per heavy atom. The van der Waals surface area contributed by atoms with E-state index in [0.29, 0.717) is 28.8 Å². The third-order valence-electron chi connectivity index (χ3n) is 3.65. The summed E-state index contributed by atoms with van der Waals surface area (Å²) in [5.41, 5.74) is 1.49. The van der Waals surface area contributed by atoms with Crippen molar-refractivity contribution < 1.29 is 9.53 Å². The fraction of sp³-hybridized carbons (Fsp3) is 0.167. The molecule has 0 saturated heterocycles. The molecule has 0 aliphatic heterocycles. The summed E-state index contributed by atoms with van der Waals surface area (Å²) in [5.74, 6) is -0.403. The Morgan fingerprint density at radius 3 is 2.81 bits per heavy atom. The van der Waals surface area contributed by atoms with E-state index in [1.165, 1.54) is 18.4 Å². The molecule has 0 atom stereocenters. The minimum absolute atomic E-state index is 0.403. The summed E-state index contributed by atoms with van der Waals surface area (Å²) in [6, 6.07) is 11.7. The Morgan fingerprint density at radius 1 is 1.37 bits per heavy atom. The first-order valence-electron chi connectivity index (χ1n) is 8.07. The molecule has 0 radical (unpaired) electrons. The van der Waals surface area contributed by atoms with Gasteiger partial charge >= 0.3 is 5.97 Å². The minimum atomic E-state index is -0.403. The number of aromatic nitrogens is 2. The Balaban J connectivity index is 1.68. The number of carbonyl (C=O) groups excluding carboxylic acids is 1. The molecular weight excluding hydrogens is 448 g/mol. The number of nitrogens with one attached hydrogen (secondary N) is 2. The lowest BCUT2D eigenvalue weighted by Gasteiger charge is -2.10. The molecule has 3 rings (SSSR count). The zero-order valence-corrected chi connectivity index (χ0v) is 17.7. The van der Waals surface area contributed by atoms with Crippen molar-refractivity contribution in [1.82, 2.24) is 15.1 Å². The van der Waals surface area contributed by atoms with E-state index in [1.807, 2.05) is 42.6 Å². The Bertz CT molecular complexity index is 940. The average Bonchev–Trinajstić information content (AvgIpc) is 3.28. The fourth-order valence-corrected chi connectivity index (χ4v) is 4.03. The van der Waals surface area contributed by atoms with Crippen molar-refractivity contribution in [2.24, 2.45) is 0 Å². The maximum Gasteiger partial charge on any atom is 0.340 e. The lowest BCUT2D eigenvalue weighted by molar-refractivity contribution is 0.0602. The van der Waals surface area contributed by atoms with Crippen molar-refractivity contribution in [3.63, 3.8) is 0 Å². The van der Waals surface area contributed by atoms with Crippen molar-refractivity contribution in [2.45, 2.75) is 6.54 Å². The second kappa shape index (κ2) is 9.12. The zero-order valence-electron chi connectivity index (χ0n) is 14.4. The van der Waals surface area contributed by atoms with Gasteiger partial charge < -0.3 is 15.4 Å². The van der Waals surface area contributed by atoms with E-state index in [1.54, 1.807) is 10.9 Å². The summed E-state index contributed by atoms with van der Waals surface area (Å²) in [5, 5.41) is 11.5. The van der Waals surface area contributed by atoms with Crippen LogP contribution in [-0.4, -0.2) is 34.5 Å². The van der Waals surface area contributed by atoms with Gasteiger partial charge in [-0.15, -0.1) is 11.3 Å². The van der Waals surface area contributed by atoms with Crippen LogP contribution in [0.2, 0.25) is 0 Å². The number of thiophene rings is 1.